The number of carbonyl (C=O) groups is 1. The fourth-order valence-corrected chi connectivity index (χ4v) is 4.32. The summed E-state index contributed by atoms with van der Waals surface area (Å²) in [5, 5.41) is 13.4. The van der Waals surface area contributed by atoms with Crippen LogP contribution < -0.4 is 4.74 Å². The van der Waals surface area contributed by atoms with Gasteiger partial charge in [-0.25, -0.2) is 0 Å². The lowest BCUT2D eigenvalue weighted by molar-refractivity contribution is -0.119. The molecule has 0 amide bonds. The van der Waals surface area contributed by atoms with E-state index in [2.05, 4.69) is 6.07 Å². The van der Waals surface area contributed by atoms with Crippen molar-refractivity contribution in [2.75, 3.05) is 13.4 Å². The Kier molecular flexibility index (Phi) is 5.62. The molecule has 0 saturated heterocycles. The van der Waals surface area contributed by atoms with E-state index in [0.29, 0.717) is 17.9 Å². The Morgan fingerprint density at radius 1 is 1.36 bits per heavy atom. The molecule has 0 spiro atoms. The Morgan fingerprint density at radius 2 is 2.12 bits per heavy atom. The van der Waals surface area contributed by atoms with Gasteiger partial charge in [0.25, 0.3) is 0 Å². The minimum atomic E-state index is 0.0676. The fourth-order valence-electron chi connectivity index (χ4n) is 3.02. The van der Waals surface area contributed by atoms with Crippen molar-refractivity contribution in [3.05, 3.63) is 57.1 Å². The third-order valence-corrected chi connectivity index (χ3v) is 6.05. The Hall–Kier alpha value is -2.03. The van der Waals surface area contributed by atoms with Crippen LogP contribution in [-0.4, -0.2) is 19.1 Å². The lowest BCUT2D eigenvalue weighted by atomic mass is 10.0. The van der Waals surface area contributed by atoms with Crippen LogP contribution in [0.15, 0.2) is 46.0 Å². The molecule has 1 aliphatic carbocycles. The first kappa shape index (κ1) is 17.8. The van der Waals surface area contributed by atoms with Gasteiger partial charge in [0, 0.05) is 22.8 Å². The van der Waals surface area contributed by atoms with Crippen molar-refractivity contribution in [3.63, 3.8) is 0 Å². The van der Waals surface area contributed by atoms with Gasteiger partial charge >= 0.3 is 0 Å². The molecule has 3 nitrogen and oxygen atoms in total. The summed E-state index contributed by atoms with van der Waals surface area (Å²) < 4.78 is 5.18. The molecule has 128 valence electrons. The molecule has 0 radical (unpaired) electrons. The Labute approximate surface area is 156 Å². The summed E-state index contributed by atoms with van der Waals surface area (Å²) in [5.41, 5.74) is 2.73. The quantitative estimate of drug-likeness (QED) is 0.636. The van der Waals surface area contributed by atoms with E-state index in [1.807, 2.05) is 47.3 Å². The zero-order valence-electron chi connectivity index (χ0n) is 14.2. The minimum Gasteiger partial charge on any atom is -0.497 e. The van der Waals surface area contributed by atoms with E-state index in [-0.39, 0.29) is 11.7 Å². The van der Waals surface area contributed by atoms with Gasteiger partial charge in [0.1, 0.15) is 17.6 Å². The molecule has 1 heterocycles. The maximum Gasteiger partial charge on any atom is 0.141 e. The number of ketones is 1. The van der Waals surface area contributed by atoms with Crippen LogP contribution in [0.25, 0.3) is 5.57 Å². The van der Waals surface area contributed by atoms with Crippen LogP contribution >= 0.6 is 23.1 Å². The first-order valence-electron chi connectivity index (χ1n) is 8.04. The van der Waals surface area contributed by atoms with Gasteiger partial charge in [-0.2, -0.15) is 16.6 Å². The third-order valence-electron chi connectivity index (χ3n) is 4.53. The molecule has 0 unspecified atom stereocenters. The van der Waals surface area contributed by atoms with Gasteiger partial charge in [-0.15, -0.1) is 11.8 Å². The molecule has 25 heavy (non-hydrogen) atoms. The standard InChI is InChI=1S/C20H19NO2S2/c1-23-15-5-3-13(4-6-15)16-9-17(16)19(22)10-20(24-2)18(11-21)14-7-8-25-12-14/h3-8,12,16-17H,9-10H2,1-2H3/b20-18-/t16-,17+/m0/s1. The van der Waals surface area contributed by atoms with Gasteiger partial charge in [-0.1, -0.05) is 12.1 Å². The highest BCUT2D eigenvalue weighted by Gasteiger charge is 2.43. The second kappa shape index (κ2) is 7.90. The fraction of sp³-hybridized carbons (Fsp3) is 0.300. The summed E-state index contributed by atoms with van der Waals surface area (Å²) in [6.07, 6.45) is 3.17. The van der Waals surface area contributed by atoms with Crippen molar-refractivity contribution in [1.29, 1.82) is 5.26 Å². The second-order valence-corrected chi connectivity index (χ2v) is 7.67. The Balaban J connectivity index is 1.70. The predicted octanol–water partition coefficient (Wildman–Crippen LogP) is 5.12. The van der Waals surface area contributed by atoms with Crippen LogP contribution in [-0.2, 0) is 4.79 Å². The van der Waals surface area contributed by atoms with Gasteiger partial charge in [0.2, 0.25) is 0 Å². The molecule has 2 aromatic rings. The zero-order valence-corrected chi connectivity index (χ0v) is 15.8. The van der Waals surface area contributed by atoms with Crippen molar-refractivity contribution in [3.8, 4) is 11.8 Å². The van der Waals surface area contributed by atoms with Crippen LogP contribution in [0.5, 0.6) is 5.75 Å². The van der Waals surface area contributed by atoms with Crippen LogP contribution in [0, 0.1) is 17.2 Å². The van der Waals surface area contributed by atoms with E-state index >= 15 is 0 Å². The SMILES string of the molecule is COc1ccc([C@@H]2C[C@H]2C(=O)C/C(SC)=C(\C#N)c2ccsc2)cc1. The van der Waals surface area contributed by atoms with Crippen molar-refractivity contribution >= 4 is 34.5 Å². The normalized spacial score (nSPS) is 19.7. The minimum absolute atomic E-state index is 0.0676. The molecular weight excluding hydrogens is 350 g/mol. The van der Waals surface area contributed by atoms with E-state index in [1.165, 1.54) is 17.3 Å². The van der Waals surface area contributed by atoms with Crippen molar-refractivity contribution in [2.45, 2.75) is 18.8 Å². The van der Waals surface area contributed by atoms with Gasteiger partial charge in [-0.3, -0.25) is 4.79 Å². The summed E-state index contributed by atoms with van der Waals surface area (Å²) in [6, 6.07) is 12.2. The van der Waals surface area contributed by atoms with Gasteiger partial charge in [0.05, 0.1) is 12.7 Å². The predicted molar refractivity (Wildman–Crippen MR) is 104 cm³/mol. The van der Waals surface area contributed by atoms with Crippen molar-refractivity contribution < 1.29 is 9.53 Å². The highest BCUT2D eigenvalue weighted by molar-refractivity contribution is 8.02. The van der Waals surface area contributed by atoms with Crippen LogP contribution in [0.4, 0.5) is 0 Å². The summed E-state index contributed by atoms with van der Waals surface area (Å²) in [5.74, 6) is 1.42. The number of thiophene rings is 1. The topological polar surface area (TPSA) is 50.1 Å². The average molecular weight is 370 g/mol. The van der Waals surface area contributed by atoms with Gasteiger partial charge in [-0.05, 0) is 53.1 Å². The lowest BCUT2D eigenvalue weighted by Crippen LogP contribution is -2.04. The number of nitrogens with zero attached hydrogens (tertiary/aromatic N) is 1. The summed E-state index contributed by atoms with van der Waals surface area (Å²) in [4.78, 5) is 13.6. The van der Waals surface area contributed by atoms with Crippen LogP contribution in [0.2, 0.25) is 0 Å². The first-order valence-corrected chi connectivity index (χ1v) is 10.2. The largest absolute Gasteiger partial charge is 0.497 e. The summed E-state index contributed by atoms with van der Waals surface area (Å²) in [7, 11) is 1.65. The molecule has 0 bridgehead atoms. The number of thioether (sulfide) groups is 1. The number of ether oxygens (including phenoxy) is 1. The summed E-state index contributed by atoms with van der Waals surface area (Å²) >= 11 is 3.06. The molecule has 0 aliphatic heterocycles. The molecule has 0 N–H and O–H groups in total. The Bertz CT molecular complexity index is 816. The second-order valence-electron chi connectivity index (χ2n) is 5.99. The van der Waals surface area contributed by atoms with Crippen molar-refractivity contribution in [1.82, 2.24) is 0 Å². The Morgan fingerprint density at radius 3 is 2.68 bits per heavy atom. The maximum absolute atomic E-state index is 12.7. The first-order chi connectivity index (χ1) is 12.2. The number of methoxy groups -OCH3 is 1. The van der Waals surface area contributed by atoms with E-state index in [4.69, 9.17) is 4.74 Å². The van der Waals surface area contributed by atoms with E-state index in [1.54, 1.807) is 18.4 Å². The van der Waals surface area contributed by atoms with Crippen LogP contribution in [0.3, 0.4) is 0 Å². The molecule has 3 rings (SSSR count). The molecule has 1 saturated carbocycles. The maximum atomic E-state index is 12.7. The zero-order chi connectivity index (χ0) is 17.8. The van der Waals surface area contributed by atoms with E-state index < -0.39 is 0 Å². The molecule has 1 aromatic carbocycles. The number of allylic oxidation sites excluding steroid dienone is 2. The number of Topliss-reactive ketones (excluding diaryl/α,β-unsaturated/α-hetero) is 1. The lowest BCUT2D eigenvalue weighted by Gasteiger charge is -2.07. The van der Waals surface area contributed by atoms with E-state index in [9.17, 15) is 10.1 Å². The highest BCUT2D eigenvalue weighted by Crippen LogP contribution is 2.49. The van der Waals surface area contributed by atoms with Gasteiger partial charge in [0.15, 0.2) is 0 Å². The number of hydrogen-bond donors (Lipinski definition) is 0. The average Bonchev–Trinajstić information content (AvgIpc) is 3.28. The van der Waals surface area contributed by atoms with E-state index in [0.717, 1.165) is 22.6 Å². The monoisotopic (exact) mass is 369 g/mol. The molecule has 5 heteroatoms. The van der Waals surface area contributed by atoms with Crippen molar-refractivity contribution in [2.24, 2.45) is 5.92 Å². The summed E-state index contributed by atoms with van der Waals surface area (Å²) in [6.45, 7) is 0. The number of benzene rings is 1. The van der Waals surface area contributed by atoms with Crippen LogP contribution in [0.1, 0.15) is 29.9 Å². The number of hydrogen-bond acceptors (Lipinski definition) is 5. The number of rotatable bonds is 7. The molecule has 1 fully saturated rings. The number of carbonyl (C=O) groups excluding carboxylic acids is 1. The molecule has 1 aliphatic rings. The molecule has 2 atom stereocenters. The highest BCUT2D eigenvalue weighted by atomic mass is 32.2. The smallest absolute Gasteiger partial charge is 0.141 e. The third kappa shape index (κ3) is 3.97. The number of nitriles is 1. The molecular formula is C20H19NO2S2. The van der Waals surface area contributed by atoms with Gasteiger partial charge < -0.3 is 4.74 Å². The molecule has 1 aromatic heterocycles.